The van der Waals surface area contributed by atoms with Crippen LogP contribution in [0.5, 0.6) is 0 Å². The molecule has 0 radical (unpaired) electrons. The van der Waals surface area contributed by atoms with Crippen molar-refractivity contribution in [2.45, 2.75) is 20.4 Å². The van der Waals surface area contributed by atoms with Gasteiger partial charge in [-0.2, -0.15) is 10.4 Å². The number of hydrogen-bond acceptors (Lipinski definition) is 3. The number of fused-ring (bicyclic) bond motifs is 1. The van der Waals surface area contributed by atoms with E-state index in [9.17, 15) is 0 Å². The standard InChI is InChI=1S/C10H9ClN4/c1-3-15-10-8(5-13-15)9(11)7(4-12)6(2)14-10/h5H,3H2,1-2H3. The number of rotatable bonds is 1. The molecular weight excluding hydrogens is 212 g/mol. The summed E-state index contributed by atoms with van der Waals surface area (Å²) in [6.07, 6.45) is 1.65. The number of halogens is 1. The van der Waals surface area contributed by atoms with Crippen LogP contribution in [0.2, 0.25) is 5.02 Å². The molecule has 0 aliphatic carbocycles. The summed E-state index contributed by atoms with van der Waals surface area (Å²) in [7, 11) is 0. The van der Waals surface area contributed by atoms with Crippen LogP contribution in [0.4, 0.5) is 0 Å². The van der Waals surface area contributed by atoms with Crippen LogP contribution in [0.1, 0.15) is 18.2 Å². The number of hydrogen-bond donors (Lipinski definition) is 0. The van der Waals surface area contributed by atoms with Crippen LogP contribution in [-0.4, -0.2) is 14.8 Å². The van der Waals surface area contributed by atoms with Crippen molar-refractivity contribution in [1.29, 1.82) is 5.26 Å². The number of pyridine rings is 1. The van der Waals surface area contributed by atoms with Crippen molar-refractivity contribution >= 4 is 22.6 Å². The van der Waals surface area contributed by atoms with Gasteiger partial charge in [0, 0.05) is 6.54 Å². The quantitative estimate of drug-likeness (QED) is 0.741. The maximum Gasteiger partial charge on any atom is 0.159 e. The lowest BCUT2D eigenvalue weighted by Crippen LogP contribution is -1.99. The zero-order valence-electron chi connectivity index (χ0n) is 8.45. The second-order valence-corrected chi connectivity index (χ2v) is 3.57. The lowest BCUT2D eigenvalue weighted by molar-refractivity contribution is 0.676. The van der Waals surface area contributed by atoms with Crippen LogP contribution in [-0.2, 0) is 6.54 Å². The highest BCUT2D eigenvalue weighted by molar-refractivity contribution is 6.36. The molecule has 0 bridgehead atoms. The van der Waals surface area contributed by atoms with Gasteiger partial charge in [0.25, 0.3) is 0 Å². The van der Waals surface area contributed by atoms with Crippen molar-refractivity contribution < 1.29 is 0 Å². The smallest absolute Gasteiger partial charge is 0.159 e. The molecule has 2 heterocycles. The van der Waals surface area contributed by atoms with Crippen LogP contribution in [0.25, 0.3) is 11.0 Å². The Bertz CT molecular complexity index is 565. The monoisotopic (exact) mass is 220 g/mol. The van der Waals surface area contributed by atoms with Gasteiger partial charge < -0.3 is 0 Å². The highest BCUT2D eigenvalue weighted by Crippen LogP contribution is 2.27. The van der Waals surface area contributed by atoms with Crippen molar-refractivity contribution in [2.24, 2.45) is 0 Å². The predicted molar refractivity (Wildman–Crippen MR) is 57.7 cm³/mol. The summed E-state index contributed by atoms with van der Waals surface area (Å²) in [6.45, 7) is 4.49. The molecule has 2 aromatic rings. The van der Waals surface area contributed by atoms with Gasteiger partial charge in [0.05, 0.1) is 27.9 Å². The number of nitrogens with zero attached hydrogens (tertiary/aromatic N) is 4. The molecule has 0 unspecified atom stereocenters. The fourth-order valence-corrected chi connectivity index (χ4v) is 1.83. The van der Waals surface area contributed by atoms with E-state index in [2.05, 4.69) is 16.2 Å². The van der Waals surface area contributed by atoms with Gasteiger partial charge in [-0.1, -0.05) is 11.6 Å². The van der Waals surface area contributed by atoms with Crippen LogP contribution in [0.3, 0.4) is 0 Å². The number of aryl methyl sites for hydroxylation is 2. The summed E-state index contributed by atoms with van der Waals surface area (Å²) >= 11 is 6.10. The van der Waals surface area contributed by atoms with E-state index >= 15 is 0 Å². The third-order valence-electron chi connectivity index (χ3n) is 2.31. The zero-order valence-corrected chi connectivity index (χ0v) is 9.21. The van der Waals surface area contributed by atoms with Crippen molar-refractivity contribution in [1.82, 2.24) is 14.8 Å². The van der Waals surface area contributed by atoms with Crippen LogP contribution < -0.4 is 0 Å². The Morgan fingerprint density at radius 2 is 2.33 bits per heavy atom. The Balaban J connectivity index is 2.88. The van der Waals surface area contributed by atoms with Gasteiger partial charge in [0.1, 0.15) is 6.07 Å². The minimum Gasteiger partial charge on any atom is -0.248 e. The average molecular weight is 221 g/mol. The first-order valence-corrected chi connectivity index (χ1v) is 4.98. The molecule has 15 heavy (non-hydrogen) atoms. The summed E-state index contributed by atoms with van der Waals surface area (Å²) in [4.78, 5) is 4.33. The van der Waals surface area contributed by atoms with E-state index in [1.165, 1.54) is 0 Å². The molecular formula is C10H9ClN4. The number of nitriles is 1. The van der Waals surface area contributed by atoms with Crippen LogP contribution >= 0.6 is 11.6 Å². The van der Waals surface area contributed by atoms with Crippen molar-refractivity contribution in [3.63, 3.8) is 0 Å². The topological polar surface area (TPSA) is 54.5 Å². The Labute approximate surface area is 92.1 Å². The normalized spacial score (nSPS) is 10.5. The lowest BCUT2D eigenvalue weighted by Gasteiger charge is -2.02. The summed E-state index contributed by atoms with van der Waals surface area (Å²) in [5, 5.41) is 14.3. The molecule has 4 nitrogen and oxygen atoms in total. The van der Waals surface area contributed by atoms with Gasteiger partial charge in [-0.25, -0.2) is 9.67 Å². The average Bonchev–Trinajstić information content (AvgIpc) is 2.61. The summed E-state index contributed by atoms with van der Waals surface area (Å²) in [5.41, 5.74) is 1.81. The van der Waals surface area contributed by atoms with Gasteiger partial charge >= 0.3 is 0 Å². The summed E-state index contributed by atoms with van der Waals surface area (Å²) in [6, 6.07) is 2.05. The molecule has 0 N–H and O–H groups in total. The summed E-state index contributed by atoms with van der Waals surface area (Å²) < 4.78 is 1.76. The first-order chi connectivity index (χ1) is 7.19. The second kappa shape index (κ2) is 3.52. The predicted octanol–water partition coefficient (Wildman–Crippen LogP) is 2.28. The highest BCUT2D eigenvalue weighted by atomic mass is 35.5. The van der Waals surface area contributed by atoms with Crippen molar-refractivity contribution in [2.75, 3.05) is 0 Å². The Morgan fingerprint density at radius 3 is 2.93 bits per heavy atom. The van der Waals surface area contributed by atoms with Crippen molar-refractivity contribution in [3.05, 3.63) is 22.5 Å². The molecule has 0 fully saturated rings. The van der Waals surface area contributed by atoms with Gasteiger partial charge in [-0.15, -0.1) is 0 Å². The Kier molecular flexibility index (Phi) is 2.33. The van der Waals surface area contributed by atoms with Crippen LogP contribution in [0.15, 0.2) is 6.20 Å². The fraction of sp³-hybridized carbons (Fsp3) is 0.300. The fourth-order valence-electron chi connectivity index (χ4n) is 1.52. The molecule has 0 aromatic carbocycles. The third kappa shape index (κ3) is 1.36. The molecule has 5 heteroatoms. The van der Waals surface area contributed by atoms with Gasteiger partial charge in [0.2, 0.25) is 0 Å². The maximum atomic E-state index is 8.92. The van der Waals surface area contributed by atoms with E-state index < -0.39 is 0 Å². The molecule has 0 saturated heterocycles. The maximum absolute atomic E-state index is 8.92. The zero-order chi connectivity index (χ0) is 11.0. The Hall–Kier alpha value is -1.60. The first-order valence-electron chi connectivity index (χ1n) is 4.60. The largest absolute Gasteiger partial charge is 0.248 e. The molecule has 2 rings (SSSR count). The number of aromatic nitrogens is 3. The third-order valence-corrected chi connectivity index (χ3v) is 2.71. The van der Waals surface area contributed by atoms with E-state index in [-0.39, 0.29) is 0 Å². The Morgan fingerprint density at radius 1 is 1.60 bits per heavy atom. The van der Waals surface area contributed by atoms with Gasteiger partial charge in [-0.05, 0) is 13.8 Å². The van der Waals surface area contributed by atoms with E-state index in [1.807, 2.05) is 6.92 Å². The van der Waals surface area contributed by atoms with Crippen LogP contribution in [0, 0.1) is 18.3 Å². The molecule has 0 aliphatic heterocycles. The minimum atomic E-state index is 0.430. The SMILES string of the molecule is CCn1ncc2c(Cl)c(C#N)c(C)nc21. The molecule has 0 atom stereocenters. The van der Waals surface area contributed by atoms with Gasteiger partial charge in [0.15, 0.2) is 5.65 Å². The second-order valence-electron chi connectivity index (χ2n) is 3.20. The van der Waals surface area contributed by atoms with E-state index in [0.29, 0.717) is 16.3 Å². The van der Waals surface area contributed by atoms with Crippen molar-refractivity contribution in [3.8, 4) is 6.07 Å². The van der Waals surface area contributed by atoms with E-state index in [1.54, 1.807) is 17.8 Å². The molecule has 0 amide bonds. The highest BCUT2D eigenvalue weighted by Gasteiger charge is 2.13. The lowest BCUT2D eigenvalue weighted by atomic mass is 10.2. The van der Waals surface area contributed by atoms with E-state index in [0.717, 1.165) is 17.6 Å². The molecule has 0 saturated carbocycles. The molecule has 0 aliphatic rings. The van der Waals surface area contributed by atoms with E-state index in [4.69, 9.17) is 16.9 Å². The summed E-state index contributed by atoms with van der Waals surface area (Å²) in [5.74, 6) is 0. The van der Waals surface area contributed by atoms with Gasteiger partial charge in [-0.3, -0.25) is 0 Å². The first kappa shape index (κ1) is 9.94. The minimum absolute atomic E-state index is 0.430. The molecule has 2 aromatic heterocycles. The molecule has 76 valence electrons. The molecule has 0 spiro atoms.